The molecule has 0 spiro atoms. The Morgan fingerprint density at radius 3 is 2.78 bits per heavy atom. The Balaban J connectivity index is 1.50. The summed E-state index contributed by atoms with van der Waals surface area (Å²) in [5.41, 5.74) is 5.22. The van der Waals surface area contributed by atoms with E-state index >= 15 is 0 Å². The van der Waals surface area contributed by atoms with Gasteiger partial charge in [0.15, 0.2) is 0 Å². The number of carbonyl (C=O) groups excluding carboxylic acids is 1. The van der Waals surface area contributed by atoms with Crippen LogP contribution in [0.25, 0.3) is 28.2 Å². The highest BCUT2D eigenvalue weighted by atomic mass is 32.2. The summed E-state index contributed by atoms with van der Waals surface area (Å²) in [4.78, 5) is 20.2. The highest BCUT2D eigenvalue weighted by molar-refractivity contribution is 8.26. The van der Waals surface area contributed by atoms with Crippen LogP contribution < -0.4 is 5.32 Å². The Bertz CT molecular complexity index is 1220. The number of aromatic nitrogens is 1. The number of hydrogen-bond donors (Lipinski definition) is 1. The zero-order valence-corrected chi connectivity index (χ0v) is 19.2. The van der Waals surface area contributed by atoms with Crippen molar-refractivity contribution >= 4 is 51.2 Å². The average molecular weight is 462 g/mol. The van der Waals surface area contributed by atoms with E-state index in [1.165, 1.54) is 17.3 Å². The summed E-state index contributed by atoms with van der Waals surface area (Å²) in [6, 6.07) is 18.7. The minimum absolute atomic E-state index is 0.138. The predicted molar refractivity (Wildman–Crippen MR) is 134 cm³/mol. The minimum Gasteiger partial charge on any atom is -0.379 e. The highest BCUT2D eigenvalue weighted by Crippen LogP contribution is 2.30. The van der Waals surface area contributed by atoms with Crippen LogP contribution in [0.1, 0.15) is 11.1 Å². The monoisotopic (exact) mass is 461 g/mol. The molecule has 2 aliphatic rings. The number of pyridine rings is 1. The van der Waals surface area contributed by atoms with Gasteiger partial charge in [-0.3, -0.25) is 9.69 Å². The molecule has 0 aliphatic carbocycles. The molecular formula is C25H23N3O2S2. The van der Waals surface area contributed by atoms with Crippen molar-refractivity contribution in [2.24, 2.45) is 0 Å². The van der Waals surface area contributed by atoms with Crippen molar-refractivity contribution in [3.63, 3.8) is 0 Å². The first-order valence-electron chi connectivity index (χ1n) is 10.7. The van der Waals surface area contributed by atoms with E-state index in [2.05, 4.69) is 46.6 Å². The maximum Gasteiger partial charge on any atom is 0.263 e. The van der Waals surface area contributed by atoms with Gasteiger partial charge in [-0.25, -0.2) is 4.98 Å². The first-order chi connectivity index (χ1) is 15.7. The molecule has 3 aromatic rings. The first-order valence-corrected chi connectivity index (χ1v) is 11.9. The van der Waals surface area contributed by atoms with Gasteiger partial charge in [-0.2, -0.15) is 0 Å². The lowest BCUT2D eigenvalue weighted by molar-refractivity contribution is -0.115. The number of thioether (sulfide) groups is 1. The van der Waals surface area contributed by atoms with Crippen molar-refractivity contribution in [1.29, 1.82) is 0 Å². The Morgan fingerprint density at radius 2 is 1.97 bits per heavy atom. The van der Waals surface area contributed by atoms with E-state index in [1.807, 2.05) is 24.3 Å². The van der Waals surface area contributed by atoms with E-state index in [0.717, 1.165) is 67.0 Å². The zero-order valence-electron chi connectivity index (χ0n) is 17.5. The van der Waals surface area contributed by atoms with Crippen LogP contribution in [0.4, 0.5) is 0 Å². The molecule has 1 N–H and O–H groups in total. The third-order valence-electron chi connectivity index (χ3n) is 5.70. The maximum atomic E-state index is 12.1. The second kappa shape index (κ2) is 9.50. The smallest absolute Gasteiger partial charge is 0.263 e. The molecule has 2 aromatic carbocycles. The van der Waals surface area contributed by atoms with Crippen LogP contribution in [0, 0.1) is 0 Å². The number of nitrogens with one attached hydrogen (secondary N) is 1. The molecule has 1 aromatic heterocycles. The van der Waals surface area contributed by atoms with Gasteiger partial charge >= 0.3 is 0 Å². The third kappa shape index (κ3) is 4.76. The van der Waals surface area contributed by atoms with Gasteiger partial charge in [0.1, 0.15) is 4.32 Å². The van der Waals surface area contributed by atoms with Gasteiger partial charge in [-0.15, -0.1) is 0 Å². The van der Waals surface area contributed by atoms with Crippen molar-refractivity contribution < 1.29 is 9.53 Å². The van der Waals surface area contributed by atoms with Gasteiger partial charge in [0.2, 0.25) is 0 Å². The van der Waals surface area contributed by atoms with E-state index in [1.54, 1.807) is 0 Å². The molecule has 0 saturated carbocycles. The summed E-state index contributed by atoms with van der Waals surface area (Å²) in [7, 11) is 0. The predicted octanol–water partition coefficient (Wildman–Crippen LogP) is 4.27. The number of amides is 1. The minimum atomic E-state index is -0.138. The Labute approximate surface area is 196 Å². The van der Waals surface area contributed by atoms with Crippen LogP contribution in [0.15, 0.2) is 59.5 Å². The molecule has 0 unspecified atom stereocenters. The molecule has 32 heavy (non-hydrogen) atoms. The number of carbonyl (C=O) groups is 1. The summed E-state index contributed by atoms with van der Waals surface area (Å²) in [6.07, 6.45) is 2.81. The molecule has 0 atom stereocenters. The normalized spacial score (nSPS) is 18.4. The first kappa shape index (κ1) is 21.3. The van der Waals surface area contributed by atoms with E-state index < -0.39 is 0 Å². The fraction of sp³-hybridized carbons (Fsp3) is 0.240. The van der Waals surface area contributed by atoms with Crippen LogP contribution in [0.3, 0.4) is 0 Å². The van der Waals surface area contributed by atoms with E-state index in [-0.39, 0.29) is 5.91 Å². The molecule has 0 radical (unpaired) electrons. The number of thiocarbonyl (C=S) groups is 1. The van der Waals surface area contributed by atoms with Crippen LogP contribution in [-0.4, -0.2) is 53.0 Å². The fourth-order valence-corrected chi connectivity index (χ4v) is 5.10. The summed E-state index contributed by atoms with van der Waals surface area (Å²) in [6.45, 7) is 4.53. The van der Waals surface area contributed by atoms with E-state index in [9.17, 15) is 4.79 Å². The van der Waals surface area contributed by atoms with Crippen LogP contribution in [0.2, 0.25) is 0 Å². The Morgan fingerprint density at radius 1 is 1.12 bits per heavy atom. The molecule has 7 heteroatoms. The quantitative estimate of drug-likeness (QED) is 0.453. The summed E-state index contributed by atoms with van der Waals surface area (Å²) in [5, 5.41) is 3.82. The summed E-state index contributed by atoms with van der Waals surface area (Å²) >= 11 is 6.40. The van der Waals surface area contributed by atoms with Crippen LogP contribution in [0.5, 0.6) is 0 Å². The molecule has 2 fully saturated rings. The molecule has 2 aliphatic heterocycles. The largest absolute Gasteiger partial charge is 0.379 e. The lowest BCUT2D eigenvalue weighted by atomic mass is 9.99. The number of hydrogen-bond acceptors (Lipinski definition) is 6. The molecular weight excluding hydrogens is 438 g/mol. The number of para-hydroxylation sites is 1. The zero-order chi connectivity index (χ0) is 21.9. The maximum absolute atomic E-state index is 12.1. The van der Waals surface area contributed by atoms with Gasteiger partial charge in [-0.05, 0) is 41.8 Å². The Kier molecular flexibility index (Phi) is 6.32. The Hall–Kier alpha value is -2.58. The van der Waals surface area contributed by atoms with Gasteiger partial charge < -0.3 is 10.1 Å². The van der Waals surface area contributed by atoms with Gasteiger partial charge in [0, 0.05) is 30.6 Å². The average Bonchev–Trinajstić information content (AvgIpc) is 3.14. The second-order valence-electron chi connectivity index (χ2n) is 7.87. The SMILES string of the molecule is O=C1NC(=S)SC1=Cc1cccc(-c2nc3ccccc3cc2CCN2CCOCC2)c1. The molecule has 3 heterocycles. The van der Waals surface area contributed by atoms with Gasteiger partial charge in [-0.1, -0.05) is 60.4 Å². The van der Waals surface area contributed by atoms with Crippen molar-refractivity contribution in [2.45, 2.75) is 6.42 Å². The van der Waals surface area contributed by atoms with Gasteiger partial charge in [0.25, 0.3) is 5.91 Å². The topological polar surface area (TPSA) is 54.5 Å². The molecule has 162 valence electrons. The molecule has 0 bridgehead atoms. The van der Waals surface area contributed by atoms with Crippen molar-refractivity contribution in [3.05, 3.63) is 70.6 Å². The third-order valence-corrected chi connectivity index (χ3v) is 6.87. The lowest BCUT2D eigenvalue weighted by Crippen LogP contribution is -2.37. The van der Waals surface area contributed by atoms with Gasteiger partial charge in [0.05, 0.1) is 29.3 Å². The van der Waals surface area contributed by atoms with Crippen LogP contribution >= 0.6 is 24.0 Å². The number of nitrogens with zero attached hydrogens (tertiary/aromatic N) is 2. The fourth-order valence-electron chi connectivity index (χ4n) is 4.05. The van der Waals surface area contributed by atoms with Crippen LogP contribution in [-0.2, 0) is 16.0 Å². The van der Waals surface area contributed by atoms with E-state index in [4.69, 9.17) is 21.9 Å². The van der Waals surface area contributed by atoms with E-state index in [0.29, 0.717) is 9.23 Å². The molecule has 5 nitrogen and oxygen atoms in total. The molecule has 1 amide bonds. The van der Waals surface area contributed by atoms with Crippen molar-refractivity contribution in [2.75, 3.05) is 32.8 Å². The number of fused-ring (bicyclic) bond motifs is 1. The summed E-state index contributed by atoms with van der Waals surface area (Å²) < 4.78 is 5.99. The van der Waals surface area contributed by atoms with Crippen molar-refractivity contribution in [1.82, 2.24) is 15.2 Å². The standard InChI is InChI=1S/C25H23N3O2S2/c29-24-22(32-25(31)27-24)15-17-4-3-6-19(14-17)23-20(8-9-28-10-12-30-13-11-28)16-18-5-1-2-7-21(18)26-23/h1-7,14-16H,8-13H2,(H,27,29,31). The summed E-state index contributed by atoms with van der Waals surface area (Å²) in [5.74, 6) is -0.138. The number of ether oxygens (including phenoxy) is 1. The van der Waals surface area contributed by atoms with Crippen molar-refractivity contribution in [3.8, 4) is 11.3 Å². The molecule has 5 rings (SSSR count). The molecule has 2 saturated heterocycles. The number of rotatable bonds is 5. The highest BCUT2D eigenvalue weighted by Gasteiger charge is 2.22. The number of morpholine rings is 1. The number of benzene rings is 2. The lowest BCUT2D eigenvalue weighted by Gasteiger charge is -2.26. The second-order valence-corrected chi connectivity index (χ2v) is 9.59.